The third kappa shape index (κ3) is 3.02. The SMILES string of the molecule is Oc1ccc2c(NCCC3CCNCC3)nccc2c1. The molecule has 4 nitrogen and oxygen atoms in total. The quantitative estimate of drug-likeness (QED) is 0.800. The molecule has 3 rings (SSSR count). The minimum absolute atomic E-state index is 0.296. The molecule has 0 saturated carbocycles. The van der Waals surface area contributed by atoms with E-state index in [0.29, 0.717) is 5.75 Å². The lowest BCUT2D eigenvalue weighted by Crippen LogP contribution is -2.28. The van der Waals surface area contributed by atoms with Gasteiger partial charge in [-0.25, -0.2) is 4.98 Å². The summed E-state index contributed by atoms with van der Waals surface area (Å²) in [6.07, 6.45) is 5.53. The van der Waals surface area contributed by atoms with Crippen molar-refractivity contribution >= 4 is 16.6 Å². The lowest BCUT2D eigenvalue weighted by molar-refractivity contribution is 0.361. The molecule has 0 amide bonds. The fourth-order valence-electron chi connectivity index (χ4n) is 2.87. The number of phenols is 1. The van der Waals surface area contributed by atoms with E-state index in [-0.39, 0.29) is 0 Å². The van der Waals surface area contributed by atoms with Crippen LogP contribution in [0.5, 0.6) is 5.75 Å². The van der Waals surface area contributed by atoms with E-state index >= 15 is 0 Å². The van der Waals surface area contributed by atoms with Gasteiger partial charge >= 0.3 is 0 Å². The number of rotatable bonds is 4. The highest BCUT2D eigenvalue weighted by molar-refractivity contribution is 5.92. The second kappa shape index (κ2) is 6.09. The molecule has 2 heterocycles. The lowest BCUT2D eigenvalue weighted by atomic mass is 9.95. The van der Waals surface area contributed by atoms with E-state index in [4.69, 9.17) is 0 Å². The summed E-state index contributed by atoms with van der Waals surface area (Å²) in [4.78, 5) is 4.41. The second-order valence-electron chi connectivity index (χ2n) is 5.47. The van der Waals surface area contributed by atoms with Crippen molar-refractivity contribution in [3.05, 3.63) is 30.5 Å². The van der Waals surface area contributed by atoms with Gasteiger partial charge in [0.05, 0.1) is 0 Å². The molecule has 0 radical (unpaired) electrons. The summed E-state index contributed by atoms with van der Waals surface area (Å²) in [5.74, 6) is 2.03. The molecule has 0 atom stereocenters. The molecule has 2 aromatic rings. The highest BCUT2D eigenvalue weighted by atomic mass is 16.3. The van der Waals surface area contributed by atoms with Crippen LogP contribution in [-0.2, 0) is 0 Å². The molecule has 0 unspecified atom stereocenters. The second-order valence-corrected chi connectivity index (χ2v) is 5.47. The molecule has 0 bridgehead atoms. The van der Waals surface area contributed by atoms with E-state index in [9.17, 15) is 5.11 Å². The van der Waals surface area contributed by atoms with Crippen molar-refractivity contribution < 1.29 is 5.11 Å². The maximum absolute atomic E-state index is 9.52. The predicted molar refractivity (Wildman–Crippen MR) is 82.1 cm³/mol. The molecule has 1 aromatic heterocycles. The molecule has 1 fully saturated rings. The van der Waals surface area contributed by atoms with Crippen LogP contribution in [0.2, 0.25) is 0 Å². The van der Waals surface area contributed by atoms with Gasteiger partial charge in [-0.2, -0.15) is 0 Å². The number of aromatic hydroxyl groups is 1. The van der Waals surface area contributed by atoms with E-state index < -0.39 is 0 Å². The van der Waals surface area contributed by atoms with E-state index in [2.05, 4.69) is 15.6 Å². The van der Waals surface area contributed by atoms with Gasteiger partial charge in [-0.3, -0.25) is 0 Å². The Labute approximate surface area is 119 Å². The minimum Gasteiger partial charge on any atom is -0.508 e. The molecule has 4 heteroatoms. The van der Waals surface area contributed by atoms with Gasteiger partial charge in [-0.15, -0.1) is 0 Å². The summed E-state index contributed by atoms with van der Waals surface area (Å²) < 4.78 is 0. The Hall–Kier alpha value is -1.81. The third-order valence-corrected chi connectivity index (χ3v) is 4.05. The molecule has 0 spiro atoms. The number of hydrogen-bond acceptors (Lipinski definition) is 4. The number of nitrogens with one attached hydrogen (secondary N) is 2. The Bertz CT molecular complexity index is 579. The highest BCUT2D eigenvalue weighted by Gasteiger charge is 2.12. The van der Waals surface area contributed by atoms with Crippen molar-refractivity contribution in [2.75, 3.05) is 25.0 Å². The first-order valence-electron chi connectivity index (χ1n) is 7.35. The van der Waals surface area contributed by atoms with Crippen LogP contribution in [0.3, 0.4) is 0 Å². The van der Waals surface area contributed by atoms with E-state index in [0.717, 1.165) is 42.1 Å². The van der Waals surface area contributed by atoms with Crippen molar-refractivity contribution in [1.82, 2.24) is 10.3 Å². The van der Waals surface area contributed by atoms with Crippen LogP contribution in [0.1, 0.15) is 19.3 Å². The predicted octanol–water partition coefficient (Wildman–Crippen LogP) is 2.74. The van der Waals surface area contributed by atoms with E-state index in [1.807, 2.05) is 12.1 Å². The zero-order valence-electron chi connectivity index (χ0n) is 11.6. The standard InChI is InChI=1S/C16H21N3O/c20-14-1-2-15-13(11-14)6-10-19-16(15)18-9-5-12-3-7-17-8-4-12/h1-2,6,10-12,17,20H,3-5,7-9H2,(H,18,19). The largest absolute Gasteiger partial charge is 0.508 e. The van der Waals surface area contributed by atoms with Crippen LogP contribution >= 0.6 is 0 Å². The number of anilines is 1. The van der Waals surface area contributed by atoms with Gasteiger partial charge in [0.25, 0.3) is 0 Å². The van der Waals surface area contributed by atoms with Crippen LogP contribution in [0.25, 0.3) is 10.8 Å². The molecule has 0 aliphatic carbocycles. The van der Waals surface area contributed by atoms with Gasteiger partial charge in [0.2, 0.25) is 0 Å². The highest BCUT2D eigenvalue weighted by Crippen LogP contribution is 2.25. The first-order valence-corrected chi connectivity index (χ1v) is 7.35. The van der Waals surface area contributed by atoms with E-state index in [1.54, 1.807) is 18.3 Å². The Morgan fingerprint density at radius 3 is 2.95 bits per heavy atom. The van der Waals surface area contributed by atoms with Crippen LogP contribution in [0.15, 0.2) is 30.5 Å². The maximum atomic E-state index is 9.52. The molecule has 20 heavy (non-hydrogen) atoms. The van der Waals surface area contributed by atoms with E-state index in [1.165, 1.54) is 19.3 Å². The zero-order chi connectivity index (χ0) is 13.8. The topological polar surface area (TPSA) is 57.2 Å². The van der Waals surface area contributed by atoms with Crippen molar-refractivity contribution in [2.24, 2.45) is 5.92 Å². The summed E-state index contributed by atoms with van der Waals surface area (Å²) in [5, 5.41) is 18.4. The van der Waals surface area contributed by atoms with Gasteiger partial charge in [0, 0.05) is 18.1 Å². The number of piperidine rings is 1. The monoisotopic (exact) mass is 271 g/mol. The maximum Gasteiger partial charge on any atom is 0.133 e. The number of pyridine rings is 1. The Kier molecular flexibility index (Phi) is 4.02. The van der Waals surface area contributed by atoms with Crippen molar-refractivity contribution in [1.29, 1.82) is 0 Å². The Morgan fingerprint density at radius 1 is 1.25 bits per heavy atom. The molecule has 1 aliphatic rings. The van der Waals surface area contributed by atoms with Crippen molar-refractivity contribution in [3.8, 4) is 5.75 Å². The summed E-state index contributed by atoms with van der Waals surface area (Å²) in [6, 6.07) is 7.33. The number of aromatic nitrogens is 1. The average Bonchev–Trinajstić information content (AvgIpc) is 2.48. The van der Waals surface area contributed by atoms with Crippen LogP contribution < -0.4 is 10.6 Å². The fraction of sp³-hybridized carbons (Fsp3) is 0.438. The fourth-order valence-corrected chi connectivity index (χ4v) is 2.87. The number of fused-ring (bicyclic) bond motifs is 1. The summed E-state index contributed by atoms with van der Waals surface area (Å²) in [6.45, 7) is 3.25. The Balaban J connectivity index is 1.65. The lowest BCUT2D eigenvalue weighted by Gasteiger charge is -2.22. The first-order chi connectivity index (χ1) is 9.83. The molecular weight excluding hydrogens is 250 g/mol. The van der Waals surface area contributed by atoms with Crippen LogP contribution in [0, 0.1) is 5.92 Å². The van der Waals surface area contributed by atoms with Gasteiger partial charge in [0.15, 0.2) is 0 Å². The Morgan fingerprint density at radius 2 is 2.10 bits per heavy atom. The smallest absolute Gasteiger partial charge is 0.133 e. The van der Waals surface area contributed by atoms with Crippen LogP contribution in [0.4, 0.5) is 5.82 Å². The minimum atomic E-state index is 0.296. The number of hydrogen-bond donors (Lipinski definition) is 3. The molecule has 1 aromatic carbocycles. The normalized spacial score (nSPS) is 16.4. The van der Waals surface area contributed by atoms with Crippen molar-refractivity contribution in [2.45, 2.75) is 19.3 Å². The molecule has 1 saturated heterocycles. The third-order valence-electron chi connectivity index (χ3n) is 4.05. The number of nitrogens with zero attached hydrogens (tertiary/aromatic N) is 1. The molecule has 3 N–H and O–H groups in total. The zero-order valence-corrected chi connectivity index (χ0v) is 11.6. The van der Waals surface area contributed by atoms with Crippen LogP contribution in [-0.4, -0.2) is 29.7 Å². The average molecular weight is 271 g/mol. The van der Waals surface area contributed by atoms with Crippen molar-refractivity contribution in [3.63, 3.8) is 0 Å². The number of benzene rings is 1. The number of phenolic OH excluding ortho intramolecular Hbond substituents is 1. The van der Waals surface area contributed by atoms with Gasteiger partial charge in [0.1, 0.15) is 11.6 Å². The molecule has 1 aliphatic heterocycles. The summed E-state index contributed by atoms with van der Waals surface area (Å²) >= 11 is 0. The molecule has 106 valence electrons. The summed E-state index contributed by atoms with van der Waals surface area (Å²) in [5.41, 5.74) is 0. The van der Waals surface area contributed by atoms with Gasteiger partial charge < -0.3 is 15.7 Å². The summed E-state index contributed by atoms with van der Waals surface area (Å²) in [7, 11) is 0. The van der Waals surface area contributed by atoms with Gasteiger partial charge in [-0.1, -0.05) is 0 Å². The first kappa shape index (κ1) is 13.2. The molecular formula is C16H21N3O. The van der Waals surface area contributed by atoms with Gasteiger partial charge in [-0.05, 0) is 67.9 Å².